The molecule has 0 saturated carbocycles. The normalized spacial score (nSPS) is 17.6. The van der Waals surface area contributed by atoms with E-state index in [1.165, 1.54) is 37.7 Å². The SMILES string of the molecule is COc1ccccc1/C(O)=C1\C(=O)C(=O)N(c2cccc(OC(F)(F)F)c2)C1c1cccnc1. The summed E-state index contributed by atoms with van der Waals surface area (Å²) in [7, 11) is 1.38. The molecule has 34 heavy (non-hydrogen) atoms. The van der Waals surface area contributed by atoms with E-state index in [4.69, 9.17) is 4.74 Å². The van der Waals surface area contributed by atoms with Crippen LogP contribution in [0, 0.1) is 0 Å². The first-order valence-corrected chi connectivity index (χ1v) is 9.91. The minimum Gasteiger partial charge on any atom is -0.507 e. The topological polar surface area (TPSA) is 89.0 Å². The van der Waals surface area contributed by atoms with Gasteiger partial charge in [-0.25, -0.2) is 0 Å². The van der Waals surface area contributed by atoms with Crippen LogP contribution in [0.15, 0.2) is 78.6 Å². The predicted molar refractivity (Wildman–Crippen MR) is 115 cm³/mol. The van der Waals surface area contributed by atoms with E-state index in [2.05, 4.69) is 9.72 Å². The quantitative estimate of drug-likeness (QED) is 0.333. The number of anilines is 1. The first kappa shape index (κ1) is 22.8. The molecule has 1 amide bonds. The van der Waals surface area contributed by atoms with Crippen molar-refractivity contribution in [2.75, 3.05) is 12.0 Å². The van der Waals surface area contributed by atoms with Gasteiger partial charge in [0.25, 0.3) is 11.7 Å². The summed E-state index contributed by atoms with van der Waals surface area (Å²) < 4.78 is 47.4. The molecule has 1 aliphatic rings. The number of benzene rings is 2. The van der Waals surface area contributed by atoms with Gasteiger partial charge in [-0.15, -0.1) is 13.2 Å². The van der Waals surface area contributed by atoms with Crippen LogP contribution in [-0.4, -0.2) is 35.3 Å². The molecular formula is C24H17F3N2O5. The van der Waals surface area contributed by atoms with Gasteiger partial charge in [0.1, 0.15) is 17.3 Å². The summed E-state index contributed by atoms with van der Waals surface area (Å²) in [6.45, 7) is 0. The van der Waals surface area contributed by atoms with E-state index >= 15 is 0 Å². The molecular weight excluding hydrogens is 453 g/mol. The zero-order valence-corrected chi connectivity index (χ0v) is 17.6. The second kappa shape index (κ2) is 8.89. The number of Topliss-reactive ketones (excluding diaryl/α,β-unsaturated/α-hetero) is 1. The van der Waals surface area contributed by atoms with E-state index in [-0.39, 0.29) is 22.6 Å². The molecule has 1 unspecified atom stereocenters. The largest absolute Gasteiger partial charge is 0.573 e. The van der Waals surface area contributed by atoms with Crippen LogP contribution >= 0.6 is 0 Å². The number of pyridine rings is 1. The van der Waals surface area contributed by atoms with Crippen molar-refractivity contribution in [1.82, 2.24) is 4.98 Å². The molecule has 0 spiro atoms. The van der Waals surface area contributed by atoms with Gasteiger partial charge in [0.15, 0.2) is 0 Å². The Kier molecular flexibility index (Phi) is 5.97. The lowest BCUT2D eigenvalue weighted by molar-refractivity contribution is -0.274. The van der Waals surface area contributed by atoms with Gasteiger partial charge in [0.05, 0.1) is 24.3 Å². The number of alkyl halides is 3. The maximum absolute atomic E-state index is 13.1. The lowest BCUT2D eigenvalue weighted by Gasteiger charge is -2.25. The van der Waals surface area contributed by atoms with Crippen LogP contribution in [0.2, 0.25) is 0 Å². The zero-order valence-electron chi connectivity index (χ0n) is 17.6. The first-order valence-electron chi connectivity index (χ1n) is 9.91. The lowest BCUT2D eigenvalue weighted by Crippen LogP contribution is -2.29. The number of carbonyl (C=O) groups is 2. The number of hydrogen-bond donors (Lipinski definition) is 1. The maximum atomic E-state index is 13.1. The molecule has 1 fully saturated rings. The Morgan fingerprint density at radius 2 is 1.82 bits per heavy atom. The number of aliphatic hydroxyl groups is 1. The number of aliphatic hydroxyl groups excluding tert-OH is 1. The second-order valence-corrected chi connectivity index (χ2v) is 7.20. The average Bonchev–Trinajstić information content (AvgIpc) is 3.08. The molecule has 174 valence electrons. The molecule has 1 saturated heterocycles. The van der Waals surface area contributed by atoms with Gasteiger partial charge in [-0.05, 0) is 35.9 Å². The summed E-state index contributed by atoms with van der Waals surface area (Å²) in [5, 5.41) is 11.1. The van der Waals surface area contributed by atoms with Crippen molar-refractivity contribution in [1.29, 1.82) is 0 Å². The fourth-order valence-electron chi connectivity index (χ4n) is 3.77. The van der Waals surface area contributed by atoms with Gasteiger partial charge in [-0.1, -0.05) is 24.3 Å². The zero-order chi connectivity index (χ0) is 24.5. The van der Waals surface area contributed by atoms with Gasteiger partial charge in [-0.3, -0.25) is 19.5 Å². The molecule has 1 atom stereocenters. The maximum Gasteiger partial charge on any atom is 0.573 e. The number of hydrogen-bond acceptors (Lipinski definition) is 6. The molecule has 7 nitrogen and oxygen atoms in total. The van der Waals surface area contributed by atoms with E-state index in [9.17, 15) is 27.9 Å². The Hall–Kier alpha value is -4.34. The third kappa shape index (κ3) is 4.29. The monoisotopic (exact) mass is 470 g/mol. The minimum absolute atomic E-state index is 0.0308. The number of carbonyl (C=O) groups excluding carboxylic acids is 2. The number of ketones is 1. The van der Waals surface area contributed by atoms with Crippen molar-refractivity contribution in [3.8, 4) is 11.5 Å². The molecule has 1 N–H and O–H groups in total. The van der Waals surface area contributed by atoms with Crippen molar-refractivity contribution in [3.63, 3.8) is 0 Å². The highest BCUT2D eigenvalue weighted by Crippen LogP contribution is 2.43. The highest BCUT2D eigenvalue weighted by atomic mass is 19.4. The van der Waals surface area contributed by atoms with Gasteiger partial charge >= 0.3 is 6.36 Å². The number of rotatable bonds is 5. The Morgan fingerprint density at radius 3 is 2.50 bits per heavy atom. The summed E-state index contributed by atoms with van der Waals surface area (Å²) in [6, 6.07) is 13.0. The van der Waals surface area contributed by atoms with Crippen molar-refractivity contribution < 1.29 is 37.3 Å². The molecule has 4 rings (SSSR count). The summed E-state index contributed by atoms with van der Waals surface area (Å²) in [6.07, 6.45) is -2.07. The molecule has 1 aromatic heterocycles. The van der Waals surface area contributed by atoms with Gasteiger partial charge in [0.2, 0.25) is 0 Å². The molecule has 3 aromatic rings. The first-order chi connectivity index (χ1) is 16.2. The summed E-state index contributed by atoms with van der Waals surface area (Å²) in [4.78, 5) is 31.2. The molecule has 2 aromatic carbocycles. The Labute approximate surface area is 191 Å². The van der Waals surface area contributed by atoms with E-state index in [0.29, 0.717) is 5.56 Å². The van der Waals surface area contributed by atoms with Crippen LogP contribution < -0.4 is 14.4 Å². The second-order valence-electron chi connectivity index (χ2n) is 7.20. The number of aromatic nitrogens is 1. The number of methoxy groups -OCH3 is 1. The van der Waals surface area contributed by atoms with Gasteiger partial charge < -0.3 is 14.6 Å². The number of para-hydroxylation sites is 1. The van der Waals surface area contributed by atoms with Gasteiger partial charge in [0, 0.05) is 24.1 Å². The Bertz CT molecular complexity index is 1270. The fourth-order valence-corrected chi connectivity index (χ4v) is 3.77. The molecule has 2 heterocycles. The van der Waals surface area contributed by atoms with Crippen LogP contribution in [0.25, 0.3) is 5.76 Å². The molecule has 10 heteroatoms. The number of nitrogens with zero attached hydrogens (tertiary/aromatic N) is 2. The minimum atomic E-state index is -4.95. The summed E-state index contributed by atoms with van der Waals surface area (Å²) >= 11 is 0. The van der Waals surface area contributed by atoms with E-state index in [1.807, 2.05) is 0 Å². The van der Waals surface area contributed by atoms with Crippen molar-refractivity contribution in [2.45, 2.75) is 12.4 Å². The number of ether oxygens (including phenoxy) is 2. The predicted octanol–water partition coefficient (Wildman–Crippen LogP) is 4.62. The van der Waals surface area contributed by atoms with E-state index < -0.39 is 35.6 Å². The van der Waals surface area contributed by atoms with Crippen LogP contribution in [0.5, 0.6) is 11.5 Å². The third-order valence-electron chi connectivity index (χ3n) is 5.14. The molecule has 1 aliphatic heterocycles. The highest BCUT2D eigenvalue weighted by Gasteiger charge is 2.47. The van der Waals surface area contributed by atoms with Gasteiger partial charge in [-0.2, -0.15) is 0 Å². The lowest BCUT2D eigenvalue weighted by atomic mass is 9.96. The summed E-state index contributed by atoms with van der Waals surface area (Å²) in [5.41, 5.74) is 0.243. The molecule has 0 bridgehead atoms. The Balaban J connectivity index is 1.91. The van der Waals surface area contributed by atoms with Crippen LogP contribution in [0.1, 0.15) is 17.2 Å². The van der Waals surface area contributed by atoms with Crippen molar-refractivity contribution in [2.24, 2.45) is 0 Å². The highest BCUT2D eigenvalue weighted by molar-refractivity contribution is 6.51. The van der Waals surface area contributed by atoms with Crippen molar-refractivity contribution >= 4 is 23.1 Å². The molecule has 0 aliphatic carbocycles. The molecule has 0 radical (unpaired) electrons. The van der Waals surface area contributed by atoms with E-state index in [1.54, 1.807) is 30.3 Å². The summed E-state index contributed by atoms with van der Waals surface area (Å²) in [5.74, 6) is -2.85. The van der Waals surface area contributed by atoms with Crippen LogP contribution in [0.3, 0.4) is 0 Å². The van der Waals surface area contributed by atoms with Crippen molar-refractivity contribution in [3.05, 3.63) is 89.8 Å². The number of halogens is 3. The smallest absolute Gasteiger partial charge is 0.507 e. The fraction of sp³-hybridized carbons (Fsp3) is 0.125. The van der Waals surface area contributed by atoms with Crippen LogP contribution in [0.4, 0.5) is 18.9 Å². The standard InChI is InChI=1S/C24H17F3N2O5/c1-33-18-10-3-2-9-17(18)21(30)19-20(14-6-5-11-28-13-14)29(23(32)22(19)31)15-7-4-8-16(12-15)34-24(25,26)27/h2-13,20,30H,1H3/b21-19+. The van der Waals surface area contributed by atoms with E-state index in [0.717, 1.165) is 17.0 Å². The average molecular weight is 470 g/mol. The number of amides is 1. The third-order valence-corrected chi connectivity index (χ3v) is 5.14. The van der Waals surface area contributed by atoms with Crippen LogP contribution in [-0.2, 0) is 9.59 Å². The Morgan fingerprint density at radius 1 is 1.06 bits per heavy atom.